The highest BCUT2D eigenvalue weighted by Crippen LogP contribution is 2.21. The highest BCUT2D eigenvalue weighted by atomic mass is 16.4. The van der Waals surface area contributed by atoms with Gasteiger partial charge in [-0.05, 0) is 37.1 Å². The average Bonchev–Trinajstić information content (AvgIpc) is 2.34. The van der Waals surface area contributed by atoms with Gasteiger partial charge in [0.2, 0.25) is 5.56 Å². The summed E-state index contributed by atoms with van der Waals surface area (Å²) < 4.78 is 0. The van der Waals surface area contributed by atoms with Crippen LogP contribution in [0.1, 0.15) is 21.5 Å². The second-order valence-corrected chi connectivity index (χ2v) is 4.32. The summed E-state index contributed by atoms with van der Waals surface area (Å²) >= 11 is 0. The Morgan fingerprint density at radius 2 is 2.00 bits per heavy atom. The predicted molar refractivity (Wildman–Crippen MR) is 73.2 cm³/mol. The van der Waals surface area contributed by atoms with E-state index >= 15 is 0 Å². The molecule has 0 atom stereocenters. The number of aryl methyl sites for hydroxylation is 1. The van der Waals surface area contributed by atoms with Crippen molar-refractivity contribution in [3.8, 4) is 0 Å². The van der Waals surface area contributed by atoms with Gasteiger partial charge in [-0.15, -0.1) is 0 Å². The Hall–Kier alpha value is -2.56. The van der Waals surface area contributed by atoms with E-state index in [1.807, 2.05) is 32.0 Å². The fraction of sp³-hybridized carbons (Fsp3) is 0.143. The molecule has 0 aliphatic rings. The third kappa shape index (κ3) is 2.82. The fourth-order valence-electron chi connectivity index (χ4n) is 1.77. The van der Waals surface area contributed by atoms with Crippen LogP contribution in [0.5, 0.6) is 0 Å². The van der Waals surface area contributed by atoms with Gasteiger partial charge in [0.05, 0.1) is 5.56 Å². The molecule has 0 aliphatic carbocycles. The van der Waals surface area contributed by atoms with Crippen molar-refractivity contribution in [1.29, 1.82) is 0 Å². The summed E-state index contributed by atoms with van der Waals surface area (Å²) in [6.07, 6.45) is 0. The Balaban J connectivity index is 2.41. The molecule has 0 saturated carbocycles. The number of hydrogen-bond acceptors (Lipinski definition) is 3. The number of H-pyrrole nitrogens is 1. The van der Waals surface area contributed by atoms with Crippen LogP contribution in [0.3, 0.4) is 0 Å². The van der Waals surface area contributed by atoms with Crippen molar-refractivity contribution < 1.29 is 9.90 Å². The Bertz CT molecular complexity index is 689. The summed E-state index contributed by atoms with van der Waals surface area (Å²) in [5.74, 6) is -0.770. The molecule has 0 amide bonds. The Kier molecular flexibility index (Phi) is 3.37. The summed E-state index contributed by atoms with van der Waals surface area (Å²) in [6.45, 7) is 3.94. The largest absolute Gasteiger partial charge is 0.478 e. The van der Waals surface area contributed by atoms with E-state index in [0.717, 1.165) is 22.9 Å². The molecule has 2 aromatic rings. The molecule has 5 heteroatoms. The van der Waals surface area contributed by atoms with Crippen molar-refractivity contribution in [2.45, 2.75) is 13.8 Å². The zero-order valence-electron chi connectivity index (χ0n) is 10.7. The van der Waals surface area contributed by atoms with E-state index in [1.54, 1.807) is 0 Å². The monoisotopic (exact) mass is 258 g/mol. The molecule has 98 valence electrons. The minimum atomic E-state index is -1.13. The molecular formula is C14H14N2O3. The fourth-order valence-corrected chi connectivity index (χ4v) is 1.77. The normalized spacial score (nSPS) is 10.2. The van der Waals surface area contributed by atoms with Crippen molar-refractivity contribution >= 4 is 17.5 Å². The van der Waals surface area contributed by atoms with E-state index < -0.39 is 11.5 Å². The first-order chi connectivity index (χ1) is 8.97. The maximum Gasteiger partial charge on any atom is 0.336 e. The van der Waals surface area contributed by atoms with Crippen molar-refractivity contribution in [2.75, 3.05) is 5.32 Å². The zero-order valence-corrected chi connectivity index (χ0v) is 10.7. The smallest absolute Gasteiger partial charge is 0.336 e. The number of aromatic amines is 1. The molecule has 1 heterocycles. The quantitative estimate of drug-likeness (QED) is 0.789. The van der Waals surface area contributed by atoms with Crippen LogP contribution in [0.4, 0.5) is 11.5 Å². The molecule has 3 N–H and O–H groups in total. The highest BCUT2D eigenvalue weighted by molar-refractivity contribution is 5.88. The van der Waals surface area contributed by atoms with E-state index in [-0.39, 0.29) is 5.56 Å². The number of benzene rings is 1. The Labute approximate surface area is 109 Å². The number of nitrogens with one attached hydrogen (secondary N) is 2. The van der Waals surface area contributed by atoms with E-state index in [9.17, 15) is 9.59 Å². The number of pyridine rings is 1. The van der Waals surface area contributed by atoms with Gasteiger partial charge in [-0.25, -0.2) is 4.79 Å². The lowest BCUT2D eigenvalue weighted by Gasteiger charge is -2.11. The third-order valence-electron chi connectivity index (χ3n) is 2.97. The van der Waals surface area contributed by atoms with Crippen molar-refractivity contribution in [3.05, 3.63) is 57.4 Å². The summed E-state index contributed by atoms with van der Waals surface area (Å²) in [7, 11) is 0. The number of hydrogen-bond donors (Lipinski definition) is 3. The van der Waals surface area contributed by atoms with Crippen molar-refractivity contribution in [3.63, 3.8) is 0 Å². The van der Waals surface area contributed by atoms with Gasteiger partial charge in [-0.3, -0.25) is 4.79 Å². The molecule has 19 heavy (non-hydrogen) atoms. The number of rotatable bonds is 3. The maximum atomic E-state index is 11.4. The first-order valence-corrected chi connectivity index (χ1v) is 5.78. The van der Waals surface area contributed by atoms with Crippen LogP contribution in [-0.4, -0.2) is 16.1 Å². The van der Waals surface area contributed by atoms with Gasteiger partial charge in [0.15, 0.2) is 0 Å². The molecule has 5 nitrogen and oxygen atoms in total. The van der Waals surface area contributed by atoms with E-state index in [4.69, 9.17) is 5.11 Å². The summed E-state index contributed by atoms with van der Waals surface area (Å²) in [5.41, 5.74) is 2.49. The second-order valence-electron chi connectivity index (χ2n) is 4.32. The van der Waals surface area contributed by atoms with Gasteiger partial charge >= 0.3 is 5.97 Å². The third-order valence-corrected chi connectivity index (χ3v) is 2.97. The van der Waals surface area contributed by atoms with Gasteiger partial charge in [-0.2, -0.15) is 0 Å². The lowest BCUT2D eigenvalue weighted by Crippen LogP contribution is -2.12. The molecule has 0 aliphatic heterocycles. The first-order valence-electron chi connectivity index (χ1n) is 5.78. The zero-order chi connectivity index (χ0) is 14.0. The van der Waals surface area contributed by atoms with Crippen LogP contribution >= 0.6 is 0 Å². The number of carboxylic acids is 1. The standard InChI is InChI=1S/C14H14N2O3/c1-8-4-3-5-11(9(8)2)15-12-6-10(14(18)19)7-13(17)16-12/h3-7H,1-2H3,(H,18,19)(H2,15,16,17). The summed E-state index contributed by atoms with van der Waals surface area (Å²) in [4.78, 5) is 24.9. The van der Waals surface area contributed by atoms with Crippen LogP contribution in [0.15, 0.2) is 35.1 Å². The van der Waals surface area contributed by atoms with Gasteiger partial charge in [0.1, 0.15) is 5.82 Å². The molecule has 1 aromatic heterocycles. The number of aromatic nitrogens is 1. The summed E-state index contributed by atoms with van der Waals surface area (Å²) in [6, 6.07) is 8.19. The molecule has 0 bridgehead atoms. The van der Waals surface area contributed by atoms with E-state index in [1.165, 1.54) is 6.07 Å². The lowest BCUT2D eigenvalue weighted by molar-refractivity contribution is 0.0696. The molecule has 0 radical (unpaired) electrons. The first kappa shape index (κ1) is 12.9. The van der Waals surface area contributed by atoms with Crippen LogP contribution in [0, 0.1) is 13.8 Å². The lowest BCUT2D eigenvalue weighted by atomic mass is 10.1. The minimum Gasteiger partial charge on any atom is -0.478 e. The van der Waals surface area contributed by atoms with E-state index in [2.05, 4.69) is 10.3 Å². The molecule has 0 spiro atoms. The molecular weight excluding hydrogens is 244 g/mol. The molecule has 0 unspecified atom stereocenters. The maximum absolute atomic E-state index is 11.4. The topological polar surface area (TPSA) is 82.2 Å². The average molecular weight is 258 g/mol. The molecule has 1 aromatic carbocycles. The molecule has 0 saturated heterocycles. The predicted octanol–water partition coefficient (Wildman–Crippen LogP) is 2.43. The van der Waals surface area contributed by atoms with E-state index in [0.29, 0.717) is 5.82 Å². The number of anilines is 2. The van der Waals surface area contributed by atoms with Crippen molar-refractivity contribution in [2.24, 2.45) is 0 Å². The van der Waals surface area contributed by atoms with Gasteiger partial charge < -0.3 is 15.4 Å². The number of aromatic carboxylic acids is 1. The number of carbonyl (C=O) groups is 1. The Morgan fingerprint density at radius 1 is 1.26 bits per heavy atom. The van der Waals surface area contributed by atoms with Crippen LogP contribution in [0.25, 0.3) is 0 Å². The van der Waals surface area contributed by atoms with Gasteiger partial charge in [0.25, 0.3) is 0 Å². The van der Waals surface area contributed by atoms with Gasteiger partial charge in [-0.1, -0.05) is 12.1 Å². The summed E-state index contributed by atoms with van der Waals surface area (Å²) in [5, 5.41) is 11.9. The van der Waals surface area contributed by atoms with Crippen LogP contribution < -0.4 is 10.9 Å². The SMILES string of the molecule is Cc1cccc(Nc2cc(C(=O)O)cc(=O)[nH]2)c1C. The molecule has 2 rings (SSSR count). The van der Waals surface area contributed by atoms with Gasteiger partial charge in [0, 0.05) is 11.8 Å². The molecule has 0 fully saturated rings. The highest BCUT2D eigenvalue weighted by Gasteiger charge is 2.07. The van der Waals surface area contributed by atoms with Crippen LogP contribution in [0.2, 0.25) is 0 Å². The minimum absolute atomic E-state index is 0.0449. The van der Waals surface area contributed by atoms with Crippen LogP contribution in [-0.2, 0) is 0 Å². The second kappa shape index (κ2) is 4.97. The Morgan fingerprint density at radius 3 is 2.68 bits per heavy atom. The van der Waals surface area contributed by atoms with Crippen molar-refractivity contribution in [1.82, 2.24) is 4.98 Å². The number of carboxylic acid groups (broad SMARTS) is 1.